The number of halogens is 1. The lowest BCUT2D eigenvalue weighted by Crippen LogP contribution is -2.31. The van der Waals surface area contributed by atoms with E-state index in [1.807, 2.05) is 0 Å². The highest BCUT2D eigenvalue weighted by Crippen LogP contribution is 2.40. The number of aromatic nitrogens is 2. The Labute approximate surface area is 138 Å². The number of hydrogen-bond donors (Lipinski definition) is 3. The highest BCUT2D eigenvalue weighted by atomic mass is 19.1. The van der Waals surface area contributed by atoms with E-state index in [2.05, 4.69) is 21.0 Å². The summed E-state index contributed by atoms with van der Waals surface area (Å²) in [5, 5.41) is 12.0. The second kappa shape index (κ2) is 6.69. The normalized spacial score (nSPS) is 18.8. The molecule has 3 N–H and O–H groups in total. The summed E-state index contributed by atoms with van der Waals surface area (Å²) in [6, 6.07) is 6.03. The van der Waals surface area contributed by atoms with Gasteiger partial charge in [0.05, 0.1) is 11.9 Å². The van der Waals surface area contributed by atoms with Crippen LogP contribution in [0.15, 0.2) is 36.7 Å². The molecule has 0 aliphatic heterocycles. The summed E-state index contributed by atoms with van der Waals surface area (Å²) >= 11 is 0. The minimum atomic E-state index is -0.330. The van der Waals surface area contributed by atoms with Crippen molar-refractivity contribution in [3.63, 3.8) is 0 Å². The second-order valence-electron chi connectivity index (χ2n) is 5.70. The van der Waals surface area contributed by atoms with Crippen molar-refractivity contribution in [1.82, 2.24) is 20.4 Å². The fourth-order valence-electron chi connectivity index (χ4n) is 2.51. The van der Waals surface area contributed by atoms with E-state index < -0.39 is 0 Å². The van der Waals surface area contributed by atoms with Gasteiger partial charge in [0.25, 0.3) is 0 Å². The molecule has 3 amide bonds. The summed E-state index contributed by atoms with van der Waals surface area (Å²) in [6.07, 6.45) is 3.89. The molecule has 8 heteroatoms. The van der Waals surface area contributed by atoms with Crippen molar-refractivity contribution in [3.8, 4) is 0 Å². The molecule has 0 unspecified atom stereocenters. The molecule has 0 radical (unpaired) electrons. The first-order valence-corrected chi connectivity index (χ1v) is 7.61. The SMILES string of the molecule is CNC(=O)Cn1cc(NC(=O)N[C@@H]2C[C@H]2c2ccc(F)cc2)cn1. The molecule has 0 bridgehead atoms. The van der Waals surface area contributed by atoms with Crippen molar-refractivity contribution in [3.05, 3.63) is 48.0 Å². The lowest BCUT2D eigenvalue weighted by molar-refractivity contribution is -0.121. The van der Waals surface area contributed by atoms with Gasteiger partial charge in [-0.25, -0.2) is 9.18 Å². The Bertz CT molecular complexity index is 743. The summed E-state index contributed by atoms with van der Waals surface area (Å²) in [5.74, 6) is -0.225. The van der Waals surface area contributed by atoms with E-state index in [1.165, 1.54) is 23.0 Å². The largest absolute Gasteiger partial charge is 0.358 e. The fourth-order valence-corrected chi connectivity index (χ4v) is 2.51. The molecule has 1 aromatic carbocycles. The number of amides is 3. The van der Waals surface area contributed by atoms with Crippen LogP contribution in [0.2, 0.25) is 0 Å². The molecule has 2 atom stereocenters. The van der Waals surface area contributed by atoms with Gasteiger partial charge in [0, 0.05) is 25.2 Å². The maximum Gasteiger partial charge on any atom is 0.319 e. The summed E-state index contributed by atoms with van der Waals surface area (Å²) in [6.45, 7) is 0.0923. The average Bonchev–Trinajstić information content (AvgIpc) is 3.18. The molecule has 1 aliphatic carbocycles. The number of carbonyl (C=O) groups is 2. The van der Waals surface area contributed by atoms with Crippen molar-refractivity contribution in [2.75, 3.05) is 12.4 Å². The number of nitrogens with one attached hydrogen (secondary N) is 3. The molecule has 126 valence electrons. The Hall–Kier alpha value is -2.90. The zero-order valence-corrected chi connectivity index (χ0v) is 13.1. The Morgan fingerprint density at radius 3 is 2.79 bits per heavy atom. The van der Waals surface area contributed by atoms with Gasteiger partial charge in [-0.15, -0.1) is 0 Å². The van der Waals surface area contributed by atoms with Crippen LogP contribution in [0.4, 0.5) is 14.9 Å². The zero-order valence-electron chi connectivity index (χ0n) is 13.1. The third-order valence-electron chi connectivity index (χ3n) is 3.88. The first-order chi connectivity index (χ1) is 11.5. The summed E-state index contributed by atoms with van der Waals surface area (Å²) in [5.41, 5.74) is 1.52. The summed E-state index contributed by atoms with van der Waals surface area (Å²) in [7, 11) is 1.55. The van der Waals surface area contributed by atoms with E-state index in [4.69, 9.17) is 0 Å². The summed E-state index contributed by atoms with van der Waals surface area (Å²) in [4.78, 5) is 23.2. The molecule has 1 heterocycles. The Morgan fingerprint density at radius 1 is 1.33 bits per heavy atom. The highest BCUT2D eigenvalue weighted by Gasteiger charge is 2.39. The van der Waals surface area contributed by atoms with Gasteiger partial charge in [-0.2, -0.15) is 5.10 Å². The maximum atomic E-state index is 12.9. The van der Waals surface area contributed by atoms with Gasteiger partial charge >= 0.3 is 6.03 Å². The van der Waals surface area contributed by atoms with Crippen LogP contribution in [0.25, 0.3) is 0 Å². The molecule has 24 heavy (non-hydrogen) atoms. The number of rotatable bonds is 5. The topological polar surface area (TPSA) is 88.0 Å². The van der Waals surface area contributed by atoms with E-state index in [9.17, 15) is 14.0 Å². The predicted molar refractivity (Wildman–Crippen MR) is 86.0 cm³/mol. The van der Waals surface area contributed by atoms with Crippen molar-refractivity contribution in [1.29, 1.82) is 0 Å². The van der Waals surface area contributed by atoms with Gasteiger partial charge in [-0.1, -0.05) is 12.1 Å². The van der Waals surface area contributed by atoms with Crippen molar-refractivity contribution in [2.24, 2.45) is 0 Å². The van der Waals surface area contributed by atoms with E-state index in [-0.39, 0.29) is 36.3 Å². The van der Waals surface area contributed by atoms with Gasteiger partial charge in [0.15, 0.2) is 0 Å². The Balaban J connectivity index is 1.48. The zero-order chi connectivity index (χ0) is 17.1. The van der Waals surface area contributed by atoms with Gasteiger partial charge in [-0.3, -0.25) is 9.48 Å². The third kappa shape index (κ3) is 3.89. The maximum absolute atomic E-state index is 12.9. The molecular weight excluding hydrogens is 313 g/mol. The van der Waals surface area contributed by atoms with Crippen LogP contribution in [-0.2, 0) is 11.3 Å². The second-order valence-corrected chi connectivity index (χ2v) is 5.70. The van der Waals surface area contributed by atoms with Crippen LogP contribution in [0, 0.1) is 5.82 Å². The smallest absolute Gasteiger partial charge is 0.319 e. The van der Waals surface area contributed by atoms with Crippen LogP contribution >= 0.6 is 0 Å². The van der Waals surface area contributed by atoms with Gasteiger partial charge in [-0.05, 0) is 24.1 Å². The number of likely N-dealkylation sites (N-methyl/N-ethyl adjacent to an activating group) is 1. The standard InChI is InChI=1S/C16H18FN5O2/c1-18-15(23)9-22-8-12(7-19-22)20-16(24)21-14-6-13(14)10-2-4-11(17)5-3-10/h2-5,7-8,13-14H,6,9H2,1H3,(H,18,23)(H2,20,21,24)/t13-,14+/m0/s1. The molecule has 7 nitrogen and oxygen atoms in total. The minimum Gasteiger partial charge on any atom is -0.358 e. The summed E-state index contributed by atoms with van der Waals surface area (Å²) < 4.78 is 14.3. The van der Waals surface area contributed by atoms with Crippen LogP contribution in [0.1, 0.15) is 17.9 Å². The van der Waals surface area contributed by atoms with E-state index in [0.29, 0.717) is 5.69 Å². The van der Waals surface area contributed by atoms with E-state index in [1.54, 1.807) is 25.4 Å². The number of urea groups is 1. The number of carbonyl (C=O) groups excluding carboxylic acids is 2. The van der Waals surface area contributed by atoms with Gasteiger partial charge in [0.1, 0.15) is 12.4 Å². The monoisotopic (exact) mass is 331 g/mol. The van der Waals surface area contributed by atoms with Crippen molar-refractivity contribution < 1.29 is 14.0 Å². The number of nitrogens with zero attached hydrogens (tertiary/aromatic N) is 2. The van der Waals surface area contributed by atoms with Gasteiger partial charge < -0.3 is 16.0 Å². The lowest BCUT2D eigenvalue weighted by Gasteiger charge is -2.05. The molecule has 1 saturated carbocycles. The van der Waals surface area contributed by atoms with Crippen LogP contribution in [0.5, 0.6) is 0 Å². The molecule has 1 aliphatic rings. The molecule has 0 saturated heterocycles. The Kier molecular flexibility index (Phi) is 4.45. The van der Waals surface area contributed by atoms with Crippen molar-refractivity contribution in [2.45, 2.75) is 24.9 Å². The first-order valence-electron chi connectivity index (χ1n) is 7.61. The minimum absolute atomic E-state index is 0.0383. The molecule has 0 spiro atoms. The molecule has 1 fully saturated rings. The lowest BCUT2D eigenvalue weighted by atomic mass is 10.1. The van der Waals surface area contributed by atoms with Crippen molar-refractivity contribution >= 4 is 17.6 Å². The molecule has 2 aromatic rings. The van der Waals surface area contributed by atoms with E-state index in [0.717, 1.165) is 12.0 Å². The van der Waals surface area contributed by atoms with Crippen LogP contribution in [-0.4, -0.2) is 34.8 Å². The number of anilines is 1. The quantitative estimate of drug-likeness (QED) is 0.775. The highest BCUT2D eigenvalue weighted by molar-refractivity contribution is 5.89. The van der Waals surface area contributed by atoms with Crippen LogP contribution in [0.3, 0.4) is 0 Å². The Morgan fingerprint density at radius 2 is 2.08 bits per heavy atom. The third-order valence-corrected chi connectivity index (χ3v) is 3.88. The molecule has 1 aromatic heterocycles. The predicted octanol–water partition coefficient (Wildman–Crippen LogP) is 1.45. The fraction of sp³-hybridized carbons (Fsp3) is 0.312. The molecular formula is C16H18FN5O2. The average molecular weight is 331 g/mol. The van der Waals surface area contributed by atoms with Crippen LogP contribution < -0.4 is 16.0 Å². The van der Waals surface area contributed by atoms with Gasteiger partial charge in [0.2, 0.25) is 5.91 Å². The van der Waals surface area contributed by atoms with E-state index >= 15 is 0 Å². The number of benzene rings is 1. The first kappa shape index (κ1) is 16.0. The molecule has 3 rings (SSSR count). The number of hydrogen-bond acceptors (Lipinski definition) is 3.